The second kappa shape index (κ2) is 46.7. The number of carbonyl (C=O) groups is 2. The fourth-order valence-corrected chi connectivity index (χ4v) is 5.63. The van der Waals surface area contributed by atoms with Crippen molar-refractivity contribution in [2.75, 3.05) is 49.1 Å². The first-order valence-corrected chi connectivity index (χ1v) is 22.0. The number of carbonyl (C=O) groups excluding carboxylic acids is 2. The summed E-state index contributed by atoms with van der Waals surface area (Å²) in [4.78, 5) is 34.7. The molecule has 1 heterocycles. The Morgan fingerprint density at radius 1 is 1.00 bits per heavy atom. The maximum absolute atomic E-state index is 12.2. The van der Waals surface area contributed by atoms with Crippen LogP contribution in [-0.2, 0) is 43.0 Å². The Hall–Kier alpha value is -1.76. The van der Waals surface area contributed by atoms with Gasteiger partial charge in [0.2, 0.25) is 5.91 Å². The molecule has 15 heteroatoms. The summed E-state index contributed by atoms with van der Waals surface area (Å²) in [6, 6.07) is 0.536. The van der Waals surface area contributed by atoms with E-state index in [2.05, 4.69) is 61.3 Å². The van der Waals surface area contributed by atoms with Crippen LogP contribution in [0.1, 0.15) is 148 Å². The van der Waals surface area contributed by atoms with E-state index in [1.165, 1.54) is 19.8 Å². The number of aliphatic hydroxyl groups is 4. The largest absolute Gasteiger partial charge is 0.388 e. The monoisotopic (exact) mass is 875 g/mol. The Morgan fingerprint density at radius 2 is 1.52 bits per heavy atom. The van der Waals surface area contributed by atoms with Crippen molar-refractivity contribution in [2.45, 2.75) is 203 Å². The molecule has 5 N–H and O–H groups in total. The molecule has 1 rings (SSSR count). The molecule has 60 heavy (non-hydrogen) atoms. The van der Waals surface area contributed by atoms with Gasteiger partial charge in [0.05, 0.1) is 24.4 Å². The molecule has 1 fully saturated rings. The van der Waals surface area contributed by atoms with Crippen molar-refractivity contribution >= 4 is 12.2 Å². The van der Waals surface area contributed by atoms with Gasteiger partial charge in [-0.05, 0) is 86.2 Å². The molecule has 1 saturated heterocycles. The quantitative estimate of drug-likeness (QED) is 0.0240. The van der Waals surface area contributed by atoms with E-state index in [-0.39, 0.29) is 42.7 Å². The molecule has 1 aliphatic rings. The summed E-state index contributed by atoms with van der Waals surface area (Å²) in [5, 5.41) is 39.9. The number of aliphatic hydroxyl groups excluding tert-OH is 4. The van der Waals surface area contributed by atoms with E-state index in [0.29, 0.717) is 18.9 Å². The van der Waals surface area contributed by atoms with Crippen molar-refractivity contribution in [3.8, 4) is 0 Å². The zero-order chi connectivity index (χ0) is 48.4. The number of nitrogens with zero attached hydrogens (tertiary/aromatic N) is 1. The third kappa shape index (κ3) is 41.6. The van der Waals surface area contributed by atoms with Gasteiger partial charge in [0.1, 0.15) is 24.8 Å². The van der Waals surface area contributed by atoms with Gasteiger partial charge in [-0.15, -0.1) is 0 Å². The highest BCUT2D eigenvalue weighted by Gasteiger charge is 2.35. The molecule has 366 valence electrons. The first-order chi connectivity index (χ1) is 28.1. The number of aldehydes is 1. The van der Waals surface area contributed by atoms with Crippen LogP contribution >= 0.6 is 0 Å². The lowest BCUT2D eigenvalue weighted by Crippen LogP contribution is -2.47. The molecule has 0 aliphatic carbocycles. The van der Waals surface area contributed by atoms with Crippen molar-refractivity contribution in [2.24, 2.45) is 17.8 Å². The molecular weight excluding hydrogens is 776 g/mol. The van der Waals surface area contributed by atoms with Gasteiger partial charge in [0.25, 0.3) is 0 Å². The number of nitrogens with one attached hydrogen (secondary N) is 1. The molecule has 0 saturated carbocycles. The lowest BCUT2D eigenvalue weighted by molar-refractivity contribution is -0.340. The molecule has 15 nitrogen and oxygen atoms in total. The Bertz CT molecular complexity index is 904. The highest BCUT2D eigenvalue weighted by Crippen LogP contribution is 2.28. The Kier molecular flexibility index (Phi) is 54.5. The van der Waals surface area contributed by atoms with Crippen LogP contribution in [0.25, 0.3) is 0 Å². The van der Waals surface area contributed by atoms with Crippen LogP contribution in [0.15, 0.2) is 12.8 Å². The van der Waals surface area contributed by atoms with E-state index in [1.807, 2.05) is 62.3 Å². The lowest BCUT2D eigenvalue weighted by Gasteiger charge is -2.35. The number of amides is 1. The predicted octanol–water partition coefficient (Wildman–Crippen LogP) is 7.27. The van der Waals surface area contributed by atoms with E-state index in [9.17, 15) is 24.9 Å². The molecule has 1 aliphatic heterocycles. The van der Waals surface area contributed by atoms with E-state index >= 15 is 0 Å². The summed E-state index contributed by atoms with van der Waals surface area (Å²) in [5.41, 5.74) is -0.491. The minimum absolute atomic E-state index is 0.0178. The van der Waals surface area contributed by atoms with Gasteiger partial charge in [-0.3, -0.25) is 4.79 Å². The molecule has 0 spiro atoms. The highest BCUT2D eigenvalue weighted by atomic mass is 17.2. The predicted molar refractivity (Wildman–Crippen MR) is 243 cm³/mol. The average Bonchev–Trinajstić information content (AvgIpc) is 3.18. The van der Waals surface area contributed by atoms with Crippen LogP contribution in [-0.4, -0.2) is 142 Å². The van der Waals surface area contributed by atoms with Crippen molar-refractivity contribution in [1.29, 1.82) is 0 Å². The zero-order valence-electron chi connectivity index (χ0n) is 42.0. The van der Waals surface area contributed by atoms with Crippen LogP contribution in [0.4, 0.5) is 0 Å². The summed E-state index contributed by atoms with van der Waals surface area (Å²) in [7, 11) is 10.4. The molecule has 0 bridgehead atoms. The summed E-state index contributed by atoms with van der Waals surface area (Å²) >= 11 is 0. The van der Waals surface area contributed by atoms with Gasteiger partial charge >= 0.3 is 0 Å². The van der Waals surface area contributed by atoms with Gasteiger partial charge in [-0.1, -0.05) is 82.2 Å². The fourth-order valence-electron chi connectivity index (χ4n) is 5.63. The van der Waals surface area contributed by atoms with Crippen LogP contribution in [0.3, 0.4) is 0 Å². The fraction of sp³-hybridized carbons (Fsp3) is 0.911. The lowest BCUT2D eigenvalue weighted by atomic mass is 9.87. The maximum Gasteiger partial charge on any atom is 0.224 e. The number of rotatable bonds is 22. The minimum Gasteiger partial charge on any atom is -0.388 e. The molecule has 0 radical (unpaired) electrons. The molecule has 0 aromatic rings. The first-order valence-electron chi connectivity index (χ1n) is 22.0. The topological polar surface area (TPSA) is 195 Å². The average molecular weight is 875 g/mol. The van der Waals surface area contributed by atoms with Crippen LogP contribution in [0.2, 0.25) is 0 Å². The number of hydrogen-bond acceptors (Lipinski definition) is 14. The van der Waals surface area contributed by atoms with Gasteiger partial charge < -0.3 is 64.0 Å². The third-order valence-electron chi connectivity index (χ3n) is 8.71. The van der Waals surface area contributed by atoms with Gasteiger partial charge in [0.15, 0.2) is 18.8 Å². The normalized spacial score (nSPS) is 21.1. The second-order valence-electron chi connectivity index (χ2n) is 15.0. The van der Waals surface area contributed by atoms with Crippen molar-refractivity contribution in [3.05, 3.63) is 12.8 Å². The standard InChI is InChI=1S/C17H33NO6.C10H23NO2.C9H16O4.C3H8.C2H6O.2C2H6/c1-12(10-19)7-6-8-17(3,24-5)9-13(2)15(21)18-16(22)14(20)11-23-4;1-6-10(11(4)5)7-8(2)13-9(3)12;1-4-11-13-9-6(2)5-8(10)12-7(9)3;2*1-3-2;2*1-2/h10,12-14,16,20,22H,6-9,11H2,1-5H3,(H,18,21);8-10,12H,6-7H2,1-5H3;4,6-10H,1,5H2,2-3H3;3H2,1-2H3;1-2H3;2*1-2H3/t12?,13-,14?,16?,17+;;6?,7?,8-,9?;;;;/m1.1..../s1. The SMILES string of the molecule is C=COOC1C(C)C[C@H](O)OC1C.CC.CC.CCC.CCC(CC(C)OC(C)O)N(C)C.COC.COCC(O)C(O)NC(=O)[C@H](C)C[C@](C)(CCCC(C)C=O)OC. The summed E-state index contributed by atoms with van der Waals surface area (Å²) in [5.74, 6) is -0.534. The zero-order valence-corrected chi connectivity index (χ0v) is 42.0. The molecule has 1 amide bonds. The Labute approximate surface area is 368 Å². The molecule has 0 aromatic carbocycles. The second-order valence-corrected chi connectivity index (χ2v) is 15.0. The van der Waals surface area contributed by atoms with Gasteiger partial charge in [0, 0.05) is 52.7 Å². The van der Waals surface area contributed by atoms with Crippen molar-refractivity contribution in [3.63, 3.8) is 0 Å². The van der Waals surface area contributed by atoms with E-state index in [0.717, 1.165) is 38.4 Å². The molecule has 9 unspecified atom stereocenters. The molecule has 0 aromatic heterocycles. The van der Waals surface area contributed by atoms with E-state index in [4.69, 9.17) is 28.9 Å². The summed E-state index contributed by atoms with van der Waals surface area (Å²) in [6.07, 6.45) is 4.77. The Morgan fingerprint density at radius 3 is 1.90 bits per heavy atom. The van der Waals surface area contributed by atoms with Crippen molar-refractivity contribution in [1.82, 2.24) is 10.2 Å². The first kappa shape index (κ1) is 69.9. The summed E-state index contributed by atoms with van der Waals surface area (Å²) in [6.45, 7) is 30.7. The Balaban J connectivity index is -0.000000172. The van der Waals surface area contributed by atoms with Gasteiger partial charge in [-0.2, -0.15) is 4.89 Å². The third-order valence-corrected chi connectivity index (χ3v) is 8.71. The van der Waals surface area contributed by atoms with Crippen LogP contribution in [0.5, 0.6) is 0 Å². The summed E-state index contributed by atoms with van der Waals surface area (Å²) < 4.78 is 25.0. The number of ether oxygens (including phenoxy) is 5. The van der Waals surface area contributed by atoms with E-state index < -0.39 is 36.4 Å². The number of hydrogen-bond donors (Lipinski definition) is 5. The molecular formula is C45H98N2O13. The van der Waals surface area contributed by atoms with E-state index in [1.54, 1.807) is 35.2 Å². The van der Waals surface area contributed by atoms with Crippen LogP contribution in [0, 0.1) is 17.8 Å². The minimum atomic E-state index is -1.37. The molecule has 12 atom stereocenters. The maximum atomic E-state index is 12.2. The number of methoxy groups -OCH3 is 3. The van der Waals surface area contributed by atoms with Crippen LogP contribution < -0.4 is 5.32 Å². The van der Waals surface area contributed by atoms with Gasteiger partial charge in [-0.25, -0.2) is 0 Å². The highest BCUT2D eigenvalue weighted by molar-refractivity contribution is 5.78. The van der Waals surface area contributed by atoms with Crippen molar-refractivity contribution < 1.29 is 63.5 Å². The smallest absolute Gasteiger partial charge is 0.224 e.